The maximum atomic E-state index is 12.6. The molecule has 0 unspecified atom stereocenters. The average Bonchev–Trinajstić information content (AvgIpc) is 2.85. The van der Waals surface area contributed by atoms with Crippen LogP contribution in [-0.2, 0) is 9.53 Å². The van der Waals surface area contributed by atoms with Crippen LogP contribution in [0.25, 0.3) is 6.08 Å². The van der Waals surface area contributed by atoms with Crippen molar-refractivity contribution in [3.8, 4) is 0 Å². The van der Waals surface area contributed by atoms with E-state index in [4.69, 9.17) is 28.6 Å². The molecule has 0 saturated carbocycles. The Morgan fingerprint density at radius 2 is 1.92 bits per heavy atom. The first-order valence-corrected chi connectivity index (χ1v) is 9.55. The highest BCUT2D eigenvalue weighted by Gasteiger charge is 2.31. The van der Waals surface area contributed by atoms with Crippen molar-refractivity contribution in [1.29, 1.82) is 0 Å². The molecule has 0 spiro atoms. The topological polar surface area (TPSA) is 32.8 Å². The number of morpholine rings is 1. The number of thiocarbonyl (C=S) groups is 1. The fourth-order valence-electron chi connectivity index (χ4n) is 2.68. The number of ether oxygens (including phenoxy) is 1. The molecule has 0 N–H and O–H groups in total. The molecule has 0 radical (unpaired) electrons. The second kappa shape index (κ2) is 8.45. The largest absolute Gasteiger partial charge is 0.379 e. The molecular formula is C17H19ClN2O2S2. The third-order valence-corrected chi connectivity index (χ3v) is 5.63. The highest BCUT2D eigenvalue weighted by Crippen LogP contribution is 2.32. The molecule has 0 bridgehead atoms. The quantitative estimate of drug-likeness (QED) is 0.576. The molecule has 2 aliphatic heterocycles. The summed E-state index contributed by atoms with van der Waals surface area (Å²) in [5, 5.41) is 0.683. The van der Waals surface area contributed by atoms with Crippen molar-refractivity contribution in [2.75, 3.05) is 39.4 Å². The van der Waals surface area contributed by atoms with E-state index in [1.54, 1.807) is 4.90 Å². The van der Waals surface area contributed by atoms with E-state index >= 15 is 0 Å². The van der Waals surface area contributed by atoms with E-state index in [1.807, 2.05) is 30.3 Å². The van der Waals surface area contributed by atoms with Gasteiger partial charge in [0.25, 0.3) is 5.91 Å². The first-order valence-electron chi connectivity index (χ1n) is 7.94. The number of rotatable bonds is 5. The van der Waals surface area contributed by atoms with Crippen LogP contribution < -0.4 is 0 Å². The van der Waals surface area contributed by atoms with E-state index in [1.165, 1.54) is 11.8 Å². The highest BCUT2D eigenvalue weighted by molar-refractivity contribution is 8.26. The molecule has 2 fully saturated rings. The van der Waals surface area contributed by atoms with Gasteiger partial charge < -0.3 is 4.74 Å². The van der Waals surface area contributed by atoms with E-state index in [2.05, 4.69) is 4.90 Å². The van der Waals surface area contributed by atoms with Gasteiger partial charge in [-0.25, -0.2) is 0 Å². The van der Waals surface area contributed by atoms with E-state index in [-0.39, 0.29) is 5.91 Å². The second-order valence-corrected chi connectivity index (χ2v) is 7.80. The highest BCUT2D eigenvalue weighted by atomic mass is 35.5. The summed E-state index contributed by atoms with van der Waals surface area (Å²) in [6.07, 6.45) is 2.79. The molecule has 3 rings (SSSR count). The number of carbonyl (C=O) groups is 1. The predicted molar refractivity (Wildman–Crippen MR) is 103 cm³/mol. The van der Waals surface area contributed by atoms with Gasteiger partial charge in [0.05, 0.1) is 18.1 Å². The van der Waals surface area contributed by atoms with Crippen molar-refractivity contribution in [2.24, 2.45) is 0 Å². The normalized spacial score (nSPS) is 21.0. The second-order valence-electron chi connectivity index (χ2n) is 5.69. The molecule has 0 aromatic heterocycles. The fourth-order valence-corrected chi connectivity index (χ4v) is 4.11. The molecule has 2 saturated heterocycles. The van der Waals surface area contributed by atoms with Crippen LogP contribution in [0, 0.1) is 0 Å². The lowest BCUT2D eigenvalue weighted by Crippen LogP contribution is -2.38. The number of thioether (sulfide) groups is 1. The summed E-state index contributed by atoms with van der Waals surface area (Å²) in [5.41, 5.74) is 0.952. The SMILES string of the molecule is O=C1C(=Cc2ccc(Cl)cc2)SC(=S)N1CCCN1CCOCC1. The Balaban J connectivity index is 1.56. The zero-order valence-corrected chi connectivity index (χ0v) is 15.6. The third-order valence-electron chi connectivity index (χ3n) is 4.00. The Morgan fingerprint density at radius 3 is 2.62 bits per heavy atom. The standard InChI is InChI=1S/C17H19ClN2O2S2/c18-14-4-2-13(3-5-14)12-15-16(21)20(17(23)24-15)7-1-6-19-8-10-22-11-9-19/h2-5,12H,1,6-11H2. The number of halogens is 1. The van der Waals surface area contributed by atoms with Crippen LogP contribution in [-0.4, -0.2) is 59.4 Å². The summed E-state index contributed by atoms with van der Waals surface area (Å²) < 4.78 is 5.99. The number of hydrogen-bond acceptors (Lipinski definition) is 5. The first-order chi connectivity index (χ1) is 11.6. The lowest BCUT2D eigenvalue weighted by Gasteiger charge is -2.27. The summed E-state index contributed by atoms with van der Waals surface area (Å²) in [4.78, 5) is 17.3. The Morgan fingerprint density at radius 1 is 1.21 bits per heavy atom. The van der Waals surface area contributed by atoms with Crippen molar-refractivity contribution in [3.05, 3.63) is 39.8 Å². The van der Waals surface area contributed by atoms with Crippen LogP contribution in [0.5, 0.6) is 0 Å². The lowest BCUT2D eigenvalue weighted by molar-refractivity contribution is -0.122. The zero-order chi connectivity index (χ0) is 16.9. The number of nitrogens with zero attached hydrogens (tertiary/aromatic N) is 2. The molecule has 2 aliphatic rings. The van der Waals surface area contributed by atoms with Crippen LogP contribution in [0.4, 0.5) is 0 Å². The van der Waals surface area contributed by atoms with E-state index in [0.717, 1.165) is 44.8 Å². The van der Waals surface area contributed by atoms with Gasteiger partial charge in [-0.3, -0.25) is 14.6 Å². The minimum absolute atomic E-state index is 0.00178. The molecule has 128 valence electrons. The first kappa shape index (κ1) is 17.9. The summed E-state index contributed by atoms with van der Waals surface area (Å²) in [5.74, 6) is 0.00178. The van der Waals surface area contributed by atoms with Gasteiger partial charge in [-0.1, -0.05) is 47.7 Å². The van der Waals surface area contributed by atoms with Gasteiger partial charge in [0, 0.05) is 31.2 Å². The van der Waals surface area contributed by atoms with Gasteiger partial charge in [-0.2, -0.15) is 0 Å². The van der Waals surface area contributed by atoms with E-state index < -0.39 is 0 Å². The maximum absolute atomic E-state index is 12.6. The molecule has 1 aromatic carbocycles. The van der Waals surface area contributed by atoms with Crippen molar-refractivity contribution >= 4 is 51.9 Å². The van der Waals surface area contributed by atoms with Crippen LogP contribution in [0.2, 0.25) is 5.02 Å². The van der Waals surface area contributed by atoms with Gasteiger partial charge in [0.15, 0.2) is 0 Å². The molecule has 0 aliphatic carbocycles. The van der Waals surface area contributed by atoms with E-state index in [9.17, 15) is 4.79 Å². The van der Waals surface area contributed by atoms with Crippen LogP contribution in [0.1, 0.15) is 12.0 Å². The molecular weight excluding hydrogens is 364 g/mol. The molecule has 1 aromatic rings. The number of carbonyl (C=O) groups excluding carboxylic acids is 1. The molecule has 1 amide bonds. The van der Waals surface area contributed by atoms with Gasteiger partial charge in [0.1, 0.15) is 4.32 Å². The summed E-state index contributed by atoms with van der Waals surface area (Å²) in [7, 11) is 0. The Bertz CT molecular complexity index is 642. The smallest absolute Gasteiger partial charge is 0.266 e. The van der Waals surface area contributed by atoms with Crippen molar-refractivity contribution in [3.63, 3.8) is 0 Å². The number of amides is 1. The molecule has 2 heterocycles. The third kappa shape index (κ3) is 4.58. The molecule has 7 heteroatoms. The zero-order valence-electron chi connectivity index (χ0n) is 13.2. The van der Waals surface area contributed by atoms with Crippen molar-refractivity contribution < 1.29 is 9.53 Å². The van der Waals surface area contributed by atoms with Crippen molar-refractivity contribution in [2.45, 2.75) is 6.42 Å². The average molecular weight is 383 g/mol. The van der Waals surface area contributed by atoms with Gasteiger partial charge >= 0.3 is 0 Å². The van der Waals surface area contributed by atoms with Crippen LogP contribution in [0.15, 0.2) is 29.2 Å². The molecule has 0 atom stereocenters. The van der Waals surface area contributed by atoms with Crippen LogP contribution >= 0.6 is 35.6 Å². The molecule has 4 nitrogen and oxygen atoms in total. The Hall–Kier alpha value is -0.920. The molecule has 24 heavy (non-hydrogen) atoms. The predicted octanol–water partition coefficient (Wildman–Crippen LogP) is 3.26. The Kier molecular flexibility index (Phi) is 6.30. The van der Waals surface area contributed by atoms with Crippen LogP contribution in [0.3, 0.4) is 0 Å². The monoisotopic (exact) mass is 382 g/mol. The van der Waals surface area contributed by atoms with Gasteiger partial charge in [-0.15, -0.1) is 0 Å². The minimum atomic E-state index is 0.00178. The lowest BCUT2D eigenvalue weighted by atomic mass is 10.2. The van der Waals surface area contributed by atoms with Gasteiger partial charge in [0.2, 0.25) is 0 Å². The number of benzene rings is 1. The van der Waals surface area contributed by atoms with Gasteiger partial charge in [-0.05, 0) is 30.2 Å². The van der Waals surface area contributed by atoms with Crippen molar-refractivity contribution in [1.82, 2.24) is 9.80 Å². The van der Waals surface area contributed by atoms with E-state index in [0.29, 0.717) is 20.8 Å². The summed E-state index contributed by atoms with van der Waals surface area (Å²) in [6.45, 7) is 5.16. The fraction of sp³-hybridized carbons (Fsp3) is 0.412. The summed E-state index contributed by atoms with van der Waals surface area (Å²) >= 11 is 12.6. The summed E-state index contributed by atoms with van der Waals surface area (Å²) in [6, 6.07) is 7.42. The maximum Gasteiger partial charge on any atom is 0.266 e. The minimum Gasteiger partial charge on any atom is -0.379 e. The number of hydrogen-bond donors (Lipinski definition) is 0. The Labute approximate surface area is 156 Å².